The third-order valence-corrected chi connectivity index (χ3v) is 4.92. The highest BCUT2D eigenvalue weighted by Gasteiger charge is 2.26. The van der Waals surface area contributed by atoms with E-state index < -0.39 is 27.6 Å². The number of carbonyl (C=O) groups excluding carboxylic acids is 1. The number of benzene rings is 1. The van der Waals surface area contributed by atoms with Gasteiger partial charge in [0.2, 0.25) is 0 Å². The number of nitrogens with two attached hydrogens (primary N) is 1. The normalized spacial score (nSPS) is 21.8. The summed E-state index contributed by atoms with van der Waals surface area (Å²) in [4.78, 5) is 11.9. The van der Waals surface area contributed by atoms with E-state index >= 15 is 0 Å². The van der Waals surface area contributed by atoms with Gasteiger partial charge in [0.05, 0.1) is 22.8 Å². The highest BCUT2D eigenvalue weighted by molar-refractivity contribution is 7.91. The van der Waals surface area contributed by atoms with E-state index in [0.29, 0.717) is 12.8 Å². The Morgan fingerprint density at radius 3 is 2.84 bits per heavy atom. The molecule has 19 heavy (non-hydrogen) atoms. The van der Waals surface area contributed by atoms with Crippen molar-refractivity contribution in [1.82, 2.24) is 5.32 Å². The summed E-state index contributed by atoms with van der Waals surface area (Å²) < 4.78 is 36.2. The zero-order valence-corrected chi connectivity index (χ0v) is 11.0. The van der Waals surface area contributed by atoms with E-state index in [-0.39, 0.29) is 22.8 Å². The van der Waals surface area contributed by atoms with Crippen molar-refractivity contribution >= 4 is 21.4 Å². The molecule has 1 fully saturated rings. The summed E-state index contributed by atoms with van der Waals surface area (Å²) in [7, 11) is -3.10. The third-order valence-electron chi connectivity index (χ3n) is 3.10. The molecule has 0 aromatic heterocycles. The molecule has 1 saturated heterocycles. The largest absolute Gasteiger partial charge is 0.396 e. The predicted molar refractivity (Wildman–Crippen MR) is 70.0 cm³/mol. The van der Waals surface area contributed by atoms with E-state index in [1.165, 1.54) is 12.1 Å². The molecular weight excluding hydrogens is 271 g/mol. The van der Waals surface area contributed by atoms with Crippen molar-refractivity contribution in [1.29, 1.82) is 0 Å². The summed E-state index contributed by atoms with van der Waals surface area (Å²) in [6, 6.07) is 3.52. The van der Waals surface area contributed by atoms with Crippen molar-refractivity contribution in [3.05, 3.63) is 29.6 Å². The van der Waals surface area contributed by atoms with E-state index in [1.54, 1.807) is 0 Å². The minimum atomic E-state index is -3.10. The lowest BCUT2D eigenvalue weighted by Crippen LogP contribution is -2.43. The number of carbonyl (C=O) groups is 1. The second kappa shape index (κ2) is 5.16. The lowest BCUT2D eigenvalue weighted by atomic mass is 10.1. The van der Waals surface area contributed by atoms with Gasteiger partial charge in [0.25, 0.3) is 5.91 Å². The fourth-order valence-electron chi connectivity index (χ4n) is 2.13. The number of nitrogen functional groups attached to an aromatic ring is 1. The van der Waals surface area contributed by atoms with Crippen molar-refractivity contribution < 1.29 is 17.6 Å². The Hall–Kier alpha value is -1.63. The van der Waals surface area contributed by atoms with E-state index in [9.17, 15) is 17.6 Å². The number of halogens is 1. The minimum absolute atomic E-state index is 0.0305. The van der Waals surface area contributed by atoms with Crippen LogP contribution in [0.5, 0.6) is 0 Å². The molecule has 1 unspecified atom stereocenters. The van der Waals surface area contributed by atoms with Crippen LogP contribution < -0.4 is 11.1 Å². The molecule has 1 aromatic rings. The Labute approximate surface area is 110 Å². The lowest BCUT2D eigenvalue weighted by molar-refractivity contribution is 0.0939. The monoisotopic (exact) mass is 286 g/mol. The number of hydrogen-bond donors (Lipinski definition) is 2. The molecule has 7 heteroatoms. The average Bonchev–Trinajstić information content (AvgIpc) is 2.31. The summed E-state index contributed by atoms with van der Waals surface area (Å²) >= 11 is 0. The van der Waals surface area contributed by atoms with Crippen molar-refractivity contribution in [2.24, 2.45) is 0 Å². The van der Waals surface area contributed by atoms with Gasteiger partial charge in [-0.1, -0.05) is 6.07 Å². The number of sulfone groups is 1. The van der Waals surface area contributed by atoms with Crippen LogP contribution in [0.4, 0.5) is 10.1 Å². The molecule has 1 heterocycles. The summed E-state index contributed by atoms with van der Waals surface area (Å²) in [5.74, 6) is -1.13. The Bertz CT molecular complexity index is 601. The number of nitrogens with one attached hydrogen (secondary N) is 1. The molecule has 1 aliphatic rings. The molecule has 0 saturated carbocycles. The van der Waals surface area contributed by atoms with E-state index in [4.69, 9.17) is 5.73 Å². The average molecular weight is 286 g/mol. The Kier molecular flexibility index (Phi) is 3.75. The van der Waals surface area contributed by atoms with Gasteiger partial charge in [0.15, 0.2) is 9.84 Å². The second-order valence-electron chi connectivity index (χ2n) is 4.63. The first-order valence-electron chi connectivity index (χ1n) is 5.94. The van der Waals surface area contributed by atoms with Crippen LogP contribution in [0.15, 0.2) is 18.2 Å². The predicted octanol–water partition coefficient (Wildman–Crippen LogP) is 0.715. The van der Waals surface area contributed by atoms with Gasteiger partial charge >= 0.3 is 0 Å². The van der Waals surface area contributed by atoms with Gasteiger partial charge in [0, 0.05) is 6.04 Å². The molecule has 104 valence electrons. The number of amides is 1. The molecule has 0 radical (unpaired) electrons. The zero-order chi connectivity index (χ0) is 14.0. The Morgan fingerprint density at radius 1 is 1.42 bits per heavy atom. The van der Waals surface area contributed by atoms with Gasteiger partial charge in [-0.05, 0) is 25.0 Å². The van der Waals surface area contributed by atoms with Crippen molar-refractivity contribution in [2.45, 2.75) is 18.9 Å². The quantitative estimate of drug-likeness (QED) is 0.784. The maximum absolute atomic E-state index is 13.2. The fourth-order valence-corrected chi connectivity index (χ4v) is 3.77. The molecule has 0 spiro atoms. The molecule has 3 N–H and O–H groups in total. The van der Waals surface area contributed by atoms with Gasteiger partial charge in [-0.3, -0.25) is 4.79 Å². The van der Waals surface area contributed by atoms with E-state index in [1.807, 2.05) is 0 Å². The lowest BCUT2D eigenvalue weighted by Gasteiger charge is -2.23. The number of anilines is 1. The molecule has 2 rings (SSSR count). The molecule has 5 nitrogen and oxygen atoms in total. The molecule has 1 aliphatic heterocycles. The summed E-state index contributed by atoms with van der Waals surface area (Å²) in [5, 5.41) is 2.59. The van der Waals surface area contributed by atoms with Crippen LogP contribution in [-0.4, -0.2) is 31.9 Å². The summed E-state index contributed by atoms with van der Waals surface area (Å²) in [6.45, 7) is 0. The Balaban J connectivity index is 2.11. The Morgan fingerprint density at radius 2 is 2.16 bits per heavy atom. The van der Waals surface area contributed by atoms with Crippen LogP contribution in [-0.2, 0) is 9.84 Å². The standard InChI is InChI=1S/C12H15FN2O3S/c13-10-5-1-4-9(11(10)14)12(16)15-8-3-2-6-19(17,18)7-8/h1,4-5,8H,2-3,6-7,14H2,(H,15,16). The van der Waals surface area contributed by atoms with Crippen LogP contribution in [0.2, 0.25) is 0 Å². The first-order chi connectivity index (χ1) is 8.89. The molecule has 1 amide bonds. The second-order valence-corrected chi connectivity index (χ2v) is 6.86. The van der Waals surface area contributed by atoms with Crippen LogP contribution in [0.3, 0.4) is 0 Å². The number of para-hydroxylation sites is 1. The third kappa shape index (κ3) is 3.23. The van der Waals surface area contributed by atoms with Gasteiger partial charge in [-0.25, -0.2) is 12.8 Å². The summed E-state index contributed by atoms with van der Waals surface area (Å²) in [6.07, 6.45) is 1.12. The molecule has 0 aliphatic carbocycles. The topological polar surface area (TPSA) is 89.3 Å². The maximum atomic E-state index is 13.2. The van der Waals surface area contributed by atoms with Gasteiger partial charge in [-0.2, -0.15) is 0 Å². The first-order valence-corrected chi connectivity index (χ1v) is 7.76. The molecule has 0 bridgehead atoms. The van der Waals surface area contributed by atoms with Crippen molar-refractivity contribution in [2.75, 3.05) is 17.2 Å². The molecule has 1 atom stereocenters. The van der Waals surface area contributed by atoms with E-state index in [2.05, 4.69) is 5.32 Å². The van der Waals surface area contributed by atoms with Crippen LogP contribution in [0.1, 0.15) is 23.2 Å². The van der Waals surface area contributed by atoms with Crippen molar-refractivity contribution in [3.8, 4) is 0 Å². The van der Waals surface area contributed by atoms with E-state index in [0.717, 1.165) is 6.07 Å². The summed E-state index contributed by atoms with van der Waals surface area (Å²) in [5.41, 5.74) is 5.29. The van der Waals surface area contributed by atoms with Gasteiger partial charge in [-0.15, -0.1) is 0 Å². The van der Waals surface area contributed by atoms with Crippen LogP contribution in [0.25, 0.3) is 0 Å². The molecule has 1 aromatic carbocycles. The zero-order valence-electron chi connectivity index (χ0n) is 10.2. The maximum Gasteiger partial charge on any atom is 0.253 e. The van der Waals surface area contributed by atoms with Crippen molar-refractivity contribution in [3.63, 3.8) is 0 Å². The number of rotatable bonds is 2. The smallest absolute Gasteiger partial charge is 0.253 e. The number of hydrogen-bond acceptors (Lipinski definition) is 4. The van der Waals surface area contributed by atoms with Gasteiger partial charge < -0.3 is 11.1 Å². The highest BCUT2D eigenvalue weighted by atomic mass is 32.2. The van der Waals surface area contributed by atoms with Crippen LogP contribution >= 0.6 is 0 Å². The molecular formula is C12H15FN2O3S. The van der Waals surface area contributed by atoms with Gasteiger partial charge in [0.1, 0.15) is 5.82 Å². The first kappa shape index (κ1) is 13.8. The van der Waals surface area contributed by atoms with Crippen LogP contribution in [0, 0.1) is 5.82 Å². The minimum Gasteiger partial charge on any atom is -0.396 e. The SMILES string of the molecule is Nc1c(F)cccc1C(=O)NC1CCCS(=O)(=O)C1. The fraction of sp³-hybridized carbons (Fsp3) is 0.417. The highest BCUT2D eigenvalue weighted by Crippen LogP contribution is 2.17.